The Kier molecular flexibility index (Phi) is 11.4. The smallest absolute Gasteiger partial charge is 0.169 e. The maximum absolute atomic E-state index is 13.3. The summed E-state index contributed by atoms with van der Waals surface area (Å²) in [6.07, 6.45) is 3.25. The minimum Gasteiger partial charge on any atom is -0.388 e. The van der Waals surface area contributed by atoms with Gasteiger partial charge in [-0.2, -0.15) is 0 Å². The van der Waals surface area contributed by atoms with Gasteiger partial charge in [-0.05, 0) is 53.3 Å². The van der Waals surface area contributed by atoms with Gasteiger partial charge in [-0.25, -0.2) is 0 Å². The van der Waals surface area contributed by atoms with Crippen LogP contribution in [0.15, 0.2) is 172 Å². The summed E-state index contributed by atoms with van der Waals surface area (Å²) in [6, 6.07) is 46.4. The van der Waals surface area contributed by atoms with Gasteiger partial charge in [0.05, 0.1) is 0 Å². The van der Waals surface area contributed by atoms with Crippen LogP contribution in [0.3, 0.4) is 0 Å². The maximum atomic E-state index is 13.3. The Labute approximate surface area is 347 Å². The van der Waals surface area contributed by atoms with Crippen LogP contribution in [-0.2, 0) is 5.54 Å². The molecule has 8 rings (SSSR count). The SMILES string of the molecule is C=CCC(NC(C(C)C)C(O)C(N=Cc1ccccc1-c1noc2cc(Cl)ccc12)(c1ccccc1)c1ccccc1)c1ccccc1-c1noc2cc(Cl)ccc12. The number of benzene rings is 6. The molecule has 9 heteroatoms. The third-order valence-electron chi connectivity index (χ3n) is 10.8. The van der Waals surface area contributed by atoms with E-state index in [1.807, 2.05) is 140 Å². The number of nitrogens with zero attached hydrogens (tertiary/aromatic N) is 3. The van der Waals surface area contributed by atoms with Crippen molar-refractivity contribution < 1.29 is 14.2 Å². The highest BCUT2D eigenvalue weighted by Crippen LogP contribution is 2.42. The van der Waals surface area contributed by atoms with Gasteiger partial charge in [0.2, 0.25) is 0 Å². The maximum Gasteiger partial charge on any atom is 0.169 e. The molecule has 8 aromatic rings. The predicted molar refractivity (Wildman–Crippen MR) is 235 cm³/mol. The Bertz CT molecular complexity index is 2670. The number of rotatable bonds is 14. The van der Waals surface area contributed by atoms with Gasteiger partial charge in [0.1, 0.15) is 23.0 Å². The number of aliphatic hydroxyl groups is 1. The normalized spacial score (nSPS) is 13.7. The molecule has 7 nitrogen and oxygen atoms in total. The fourth-order valence-corrected chi connectivity index (χ4v) is 8.26. The summed E-state index contributed by atoms with van der Waals surface area (Å²) in [5, 5.41) is 29.0. The third-order valence-corrected chi connectivity index (χ3v) is 11.3. The zero-order valence-corrected chi connectivity index (χ0v) is 33.6. The first-order valence-electron chi connectivity index (χ1n) is 19.3. The molecular weight excluding hydrogens is 763 g/mol. The number of hydrogen-bond donors (Lipinski definition) is 2. The Hall–Kier alpha value is -5.83. The molecular formula is C49H42Cl2N4O3. The van der Waals surface area contributed by atoms with E-state index in [-0.39, 0.29) is 12.0 Å². The molecule has 0 saturated carbocycles. The molecule has 290 valence electrons. The van der Waals surface area contributed by atoms with E-state index in [1.165, 1.54) is 0 Å². The first-order valence-corrected chi connectivity index (χ1v) is 20.0. The molecule has 0 fully saturated rings. The molecule has 0 aliphatic carbocycles. The second-order valence-corrected chi connectivity index (χ2v) is 15.6. The molecule has 3 atom stereocenters. The summed E-state index contributed by atoms with van der Waals surface area (Å²) < 4.78 is 11.5. The molecule has 2 N–H and O–H groups in total. The van der Waals surface area contributed by atoms with Gasteiger partial charge in [0, 0.05) is 67.9 Å². The molecule has 2 aromatic heterocycles. The molecule has 0 bridgehead atoms. The Morgan fingerprint density at radius 1 is 0.707 bits per heavy atom. The van der Waals surface area contributed by atoms with E-state index < -0.39 is 17.7 Å². The molecule has 58 heavy (non-hydrogen) atoms. The quantitative estimate of drug-likeness (QED) is 0.0839. The molecule has 0 radical (unpaired) electrons. The number of hydrogen-bond acceptors (Lipinski definition) is 7. The van der Waals surface area contributed by atoms with Crippen molar-refractivity contribution in [1.29, 1.82) is 0 Å². The number of nitrogens with one attached hydrogen (secondary N) is 1. The summed E-state index contributed by atoms with van der Waals surface area (Å²) in [6.45, 7) is 8.38. The lowest BCUT2D eigenvalue weighted by molar-refractivity contribution is 0.0445. The molecule has 0 spiro atoms. The molecule has 0 amide bonds. The lowest BCUT2D eigenvalue weighted by atomic mass is 9.73. The molecule has 0 aliphatic rings. The minimum absolute atomic E-state index is 0.0490. The zero-order valence-electron chi connectivity index (χ0n) is 32.1. The molecule has 3 unspecified atom stereocenters. The van der Waals surface area contributed by atoms with Crippen molar-refractivity contribution in [3.8, 4) is 22.5 Å². The van der Waals surface area contributed by atoms with Gasteiger partial charge in [0.15, 0.2) is 11.2 Å². The first-order chi connectivity index (χ1) is 28.3. The van der Waals surface area contributed by atoms with Crippen LogP contribution >= 0.6 is 23.2 Å². The van der Waals surface area contributed by atoms with E-state index in [2.05, 4.69) is 42.1 Å². The summed E-state index contributed by atoms with van der Waals surface area (Å²) in [4.78, 5) is 5.51. The van der Waals surface area contributed by atoms with Gasteiger partial charge in [-0.3, -0.25) is 4.99 Å². The van der Waals surface area contributed by atoms with E-state index in [0.717, 1.165) is 44.2 Å². The molecule has 0 saturated heterocycles. The van der Waals surface area contributed by atoms with Gasteiger partial charge in [-0.15, -0.1) is 6.58 Å². The number of halogens is 2. The lowest BCUT2D eigenvalue weighted by Crippen LogP contribution is -2.55. The number of aromatic nitrogens is 2. The highest BCUT2D eigenvalue weighted by atomic mass is 35.5. The summed E-state index contributed by atoms with van der Waals surface area (Å²) >= 11 is 12.6. The summed E-state index contributed by atoms with van der Waals surface area (Å²) in [5.41, 5.74) is 6.55. The zero-order chi connectivity index (χ0) is 40.2. The molecule has 6 aromatic carbocycles. The molecule has 0 aliphatic heterocycles. The second-order valence-electron chi connectivity index (χ2n) is 14.7. The van der Waals surface area contributed by atoms with Crippen molar-refractivity contribution in [1.82, 2.24) is 15.6 Å². The van der Waals surface area contributed by atoms with Gasteiger partial charge in [-0.1, -0.05) is 163 Å². The van der Waals surface area contributed by atoms with Crippen LogP contribution in [0.1, 0.15) is 48.6 Å². The lowest BCUT2D eigenvalue weighted by Gasteiger charge is -2.43. The van der Waals surface area contributed by atoms with E-state index in [9.17, 15) is 5.11 Å². The fraction of sp³-hybridized carbons (Fsp3) is 0.163. The number of aliphatic hydroxyl groups excluding tert-OH is 1. The fourth-order valence-electron chi connectivity index (χ4n) is 7.93. The van der Waals surface area contributed by atoms with Crippen LogP contribution in [-0.4, -0.2) is 33.8 Å². The van der Waals surface area contributed by atoms with E-state index in [4.69, 9.17) is 37.2 Å². The van der Waals surface area contributed by atoms with Crippen molar-refractivity contribution in [2.24, 2.45) is 10.9 Å². The topological polar surface area (TPSA) is 96.7 Å². The van der Waals surface area contributed by atoms with Crippen LogP contribution in [0.25, 0.3) is 44.5 Å². The van der Waals surface area contributed by atoms with Gasteiger partial charge >= 0.3 is 0 Å². The Balaban J connectivity index is 1.26. The molecule has 2 heterocycles. The average Bonchev–Trinajstić information content (AvgIpc) is 3.87. The number of fused-ring (bicyclic) bond motifs is 2. The Morgan fingerprint density at radius 2 is 1.22 bits per heavy atom. The van der Waals surface area contributed by atoms with Crippen LogP contribution in [0.5, 0.6) is 0 Å². The third kappa shape index (κ3) is 7.50. The predicted octanol–water partition coefficient (Wildman–Crippen LogP) is 12.3. The summed E-state index contributed by atoms with van der Waals surface area (Å²) in [5.74, 6) is -0.0490. The first kappa shape index (κ1) is 39.0. The van der Waals surface area contributed by atoms with Crippen LogP contribution < -0.4 is 5.32 Å². The van der Waals surface area contributed by atoms with Crippen molar-refractivity contribution in [3.05, 3.63) is 191 Å². The van der Waals surface area contributed by atoms with E-state index >= 15 is 0 Å². The van der Waals surface area contributed by atoms with Crippen LogP contribution in [0, 0.1) is 5.92 Å². The summed E-state index contributed by atoms with van der Waals surface area (Å²) in [7, 11) is 0. The van der Waals surface area contributed by atoms with Gasteiger partial charge in [0.25, 0.3) is 0 Å². The van der Waals surface area contributed by atoms with Crippen LogP contribution in [0.4, 0.5) is 0 Å². The average molecular weight is 806 g/mol. The van der Waals surface area contributed by atoms with Gasteiger partial charge < -0.3 is 19.5 Å². The second kappa shape index (κ2) is 16.9. The standard InChI is InChI=1S/C49H42Cl2N4O3/c1-4-15-42(38-22-13-14-23-39(38)47-41-27-25-36(51)29-44(41)58-55-47)53-45(31(2)3)48(56)49(33-17-7-5-8-18-33,34-19-9-6-10-20-34)52-30-32-16-11-12-21-37(32)46-40-26-24-35(50)28-43(40)57-54-46/h4-14,16-31,42,45,48,53,56H,1,15H2,2-3H3. The van der Waals surface area contributed by atoms with Crippen molar-refractivity contribution >= 4 is 51.4 Å². The van der Waals surface area contributed by atoms with E-state index in [0.29, 0.717) is 39.0 Å². The van der Waals surface area contributed by atoms with Crippen molar-refractivity contribution in [3.63, 3.8) is 0 Å². The monoisotopic (exact) mass is 804 g/mol. The largest absolute Gasteiger partial charge is 0.388 e. The highest BCUT2D eigenvalue weighted by Gasteiger charge is 2.46. The van der Waals surface area contributed by atoms with E-state index in [1.54, 1.807) is 12.1 Å². The minimum atomic E-state index is -1.27. The highest BCUT2D eigenvalue weighted by molar-refractivity contribution is 6.31. The van der Waals surface area contributed by atoms with Crippen molar-refractivity contribution in [2.45, 2.75) is 44.0 Å². The Morgan fingerprint density at radius 3 is 1.79 bits per heavy atom. The van der Waals surface area contributed by atoms with Crippen LogP contribution in [0.2, 0.25) is 10.0 Å². The van der Waals surface area contributed by atoms with Crippen molar-refractivity contribution in [2.75, 3.05) is 0 Å². The number of aliphatic imine (C=N–C) groups is 1.